The van der Waals surface area contributed by atoms with Crippen LogP contribution in [0.25, 0.3) is 33.7 Å². The van der Waals surface area contributed by atoms with Crippen LogP contribution in [0.3, 0.4) is 0 Å². The van der Waals surface area contributed by atoms with E-state index in [9.17, 15) is 0 Å². The summed E-state index contributed by atoms with van der Waals surface area (Å²) in [5.74, 6) is 2.81. The summed E-state index contributed by atoms with van der Waals surface area (Å²) in [6.45, 7) is 5.10. The van der Waals surface area contributed by atoms with Crippen LogP contribution < -0.4 is 0 Å². The molecule has 0 saturated carbocycles. The maximum atomic E-state index is 5.05. The van der Waals surface area contributed by atoms with Gasteiger partial charge in [0, 0.05) is 12.0 Å². The van der Waals surface area contributed by atoms with Gasteiger partial charge in [0.25, 0.3) is 0 Å². The van der Waals surface area contributed by atoms with Crippen molar-refractivity contribution in [2.45, 2.75) is 50.2 Å². The minimum atomic E-state index is -0.841. The molecular formula is C45H41N7S. The van der Waals surface area contributed by atoms with Crippen molar-refractivity contribution in [1.82, 2.24) is 34.7 Å². The number of nitrogens with zero attached hydrogens (tertiary/aromatic N) is 7. The van der Waals surface area contributed by atoms with Crippen LogP contribution in [0.2, 0.25) is 0 Å². The Bertz CT molecular complexity index is 2320. The van der Waals surface area contributed by atoms with Gasteiger partial charge >= 0.3 is 0 Å². The number of hydrogen-bond donors (Lipinski definition) is 0. The van der Waals surface area contributed by atoms with Gasteiger partial charge < -0.3 is 4.57 Å². The molecule has 0 saturated heterocycles. The van der Waals surface area contributed by atoms with Crippen LogP contribution in [0.4, 0.5) is 0 Å². The monoisotopic (exact) mass is 711 g/mol. The van der Waals surface area contributed by atoms with Gasteiger partial charge in [0.15, 0.2) is 11.5 Å². The number of rotatable bonds is 13. The van der Waals surface area contributed by atoms with Crippen molar-refractivity contribution >= 4 is 22.9 Å². The summed E-state index contributed by atoms with van der Waals surface area (Å²) in [5.41, 5.74) is 8.54. The van der Waals surface area contributed by atoms with Gasteiger partial charge in [0.05, 0.1) is 11.6 Å². The maximum Gasteiger partial charge on any atom is 0.184 e. The standard InChI is InChI=1S/C45H41N7S/c1-3-16-41-46-40-29-30-42(53-31-4-2)47-44(40)51(41)32-33-25-27-34(28-26-33)38-23-14-15-24-39(38)43-48-49-50-52(43)45(35-17-8-5-9-18-35,36-19-10-6-11-20-36)37-21-12-7-13-22-37/h5-15,17-30H,3-4,16,31-32H2,1-2H3. The first-order chi connectivity index (χ1) is 26.2. The molecular weight excluding hydrogens is 671 g/mol. The zero-order chi connectivity index (χ0) is 36.0. The van der Waals surface area contributed by atoms with Crippen molar-refractivity contribution in [3.8, 4) is 22.5 Å². The molecule has 0 spiro atoms. The molecule has 53 heavy (non-hydrogen) atoms. The Hall–Kier alpha value is -5.86. The first kappa shape index (κ1) is 34.2. The lowest BCUT2D eigenvalue weighted by Gasteiger charge is -2.36. The highest BCUT2D eigenvalue weighted by atomic mass is 32.2. The van der Waals surface area contributed by atoms with Gasteiger partial charge in [0.2, 0.25) is 0 Å². The summed E-state index contributed by atoms with van der Waals surface area (Å²) in [6.07, 6.45) is 3.05. The normalized spacial score (nSPS) is 11.7. The average molecular weight is 712 g/mol. The first-order valence-corrected chi connectivity index (χ1v) is 19.3. The van der Waals surface area contributed by atoms with Crippen LogP contribution >= 0.6 is 11.8 Å². The van der Waals surface area contributed by atoms with Crippen LogP contribution in [0.15, 0.2) is 157 Å². The van der Waals surface area contributed by atoms with Gasteiger partial charge in [-0.25, -0.2) is 14.6 Å². The fourth-order valence-corrected chi connectivity index (χ4v) is 8.02. The fourth-order valence-electron chi connectivity index (χ4n) is 7.29. The highest BCUT2D eigenvalue weighted by Gasteiger charge is 2.42. The number of aromatic nitrogens is 7. The second-order valence-electron chi connectivity index (χ2n) is 13.2. The maximum absolute atomic E-state index is 5.05. The third-order valence-electron chi connectivity index (χ3n) is 9.71. The van der Waals surface area contributed by atoms with Crippen LogP contribution in [-0.2, 0) is 18.5 Å². The number of imidazole rings is 1. The molecule has 8 aromatic rings. The number of fused-ring (bicyclic) bond motifs is 1. The molecule has 3 heterocycles. The van der Waals surface area contributed by atoms with E-state index >= 15 is 0 Å². The topological polar surface area (TPSA) is 74.3 Å². The molecule has 0 N–H and O–H groups in total. The van der Waals surface area contributed by atoms with Crippen molar-refractivity contribution in [1.29, 1.82) is 0 Å². The van der Waals surface area contributed by atoms with Crippen LogP contribution in [-0.4, -0.2) is 40.5 Å². The number of thioether (sulfide) groups is 1. The number of pyridine rings is 1. The summed E-state index contributed by atoms with van der Waals surface area (Å²) < 4.78 is 4.29. The van der Waals surface area contributed by atoms with Gasteiger partial charge in [0.1, 0.15) is 16.9 Å². The van der Waals surface area contributed by atoms with Crippen molar-refractivity contribution in [3.63, 3.8) is 0 Å². The Kier molecular flexibility index (Phi) is 9.95. The van der Waals surface area contributed by atoms with Crippen LogP contribution in [0, 0.1) is 0 Å². The second-order valence-corrected chi connectivity index (χ2v) is 14.3. The zero-order valence-corrected chi connectivity index (χ0v) is 30.8. The van der Waals surface area contributed by atoms with E-state index in [4.69, 9.17) is 20.3 Å². The molecule has 0 radical (unpaired) electrons. The molecule has 0 fully saturated rings. The third-order valence-corrected chi connectivity index (χ3v) is 10.8. The SMILES string of the molecule is CCCSc1ccc2nc(CCC)n(Cc3ccc(-c4ccccc4-c4nnnn4C(c4ccccc4)(c4ccccc4)c4ccccc4)cc3)c2n1. The molecule has 8 rings (SSSR count). The van der Waals surface area contributed by atoms with E-state index in [1.807, 2.05) is 22.9 Å². The largest absolute Gasteiger partial charge is 0.308 e. The van der Waals surface area contributed by atoms with Crippen molar-refractivity contribution in [3.05, 3.63) is 180 Å². The molecule has 8 heteroatoms. The van der Waals surface area contributed by atoms with Gasteiger partial charge in [-0.15, -0.1) is 16.9 Å². The van der Waals surface area contributed by atoms with E-state index in [0.29, 0.717) is 12.4 Å². The second kappa shape index (κ2) is 15.4. The Balaban J connectivity index is 1.21. The molecule has 0 unspecified atom stereocenters. The molecule has 7 nitrogen and oxygen atoms in total. The molecule has 5 aromatic carbocycles. The van der Waals surface area contributed by atoms with Crippen molar-refractivity contribution in [2.24, 2.45) is 0 Å². The lowest BCUT2D eigenvalue weighted by Crippen LogP contribution is -2.39. The smallest absolute Gasteiger partial charge is 0.184 e. The lowest BCUT2D eigenvalue weighted by molar-refractivity contribution is 0.451. The molecule has 0 atom stereocenters. The highest BCUT2D eigenvalue weighted by molar-refractivity contribution is 7.99. The first-order valence-electron chi connectivity index (χ1n) is 18.3. The molecule has 0 bridgehead atoms. The van der Waals surface area contributed by atoms with E-state index in [0.717, 1.165) is 80.4 Å². The van der Waals surface area contributed by atoms with E-state index in [-0.39, 0.29) is 0 Å². The summed E-state index contributed by atoms with van der Waals surface area (Å²) in [7, 11) is 0. The van der Waals surface area contributed by atoms with Gasteiger partial charge in [-0.2, -0.15) is 0 Å². The van der Waals surface area contributed by atoms with E-state index in [1.165, 1.54) is 5.56 Å². The van der Waals surface area contributed by atoms with Crippen molar-refractivity contribution in [2.75, 3.05) is 5.75 Å². The van der Waals surface area contributed by atoms with E-state index in [2.05, 4.69) is 157 Å². The Morgan fingerprint density at radius 1 is 0.604 bits per heavy atom. The average Bonchev–Trinajstić information content (AvgIpc) is 3.84. The van der Waals surface area contributed by atoms with Gasteiger partial charge in [-0.05, 0) is 74.5 Å². The van der Waals surface area contributed by atoms with Gasteiger partial charge in [-0.3, -0.25) is 0 Å². The van der Waals surface area contributed by atoms with Crippen molar-refractivity contribution < 1.29 is 0 Å². The number of hydrogen-bond acceptors (Lipinski definition) is 6. The van der Waals surface area contributed by atoms with E-state index < -0.39 is 5.54 Å². The Labute approximate surface area is 314 Å². The number of aryl methyl sites for hydroxylation is 1. The molecule has 0 aliphatic heterocycles. The Morgan fingerprint density at radius 2 is 1.21 bits per heavy atom. The highest BCUT2D eigenvalue weighted by Crippen LogP contribution is 2.43. The van der Waals surface area contributed by atoms with Gasteiger partial charge in [-0.1, -0.05) is 153 Å². The zero-order valence-electron chi connectivity index (χ0n) is 30.0. The van der Waals surface area contributed by atoms with Crippen LogP contribution in [0.1, 0.15) is 54.8 Å². The molecule has 3 aromatic heterocycles. The van der Waals surface area contributed by atoms with Crippen LogP contribution in [0.5, 0.6) is 0 Å². The summed E-state index contributed by atoms with van der Waals surface area (Å²) in [4.78, 5) is 10.0. The lowest BCUT2D eigenvalue weighted by atomic mass is 9.77. The quantitative estimate of drug-likeness (QED) is 0.0876. The molecule has 262 valence electrons. The third kappa shape index (κ3) is 6.55. The predicted molar refractivity (Wildman–Crippen MR) is 215 cm³/mol. The number of benzene rings is 5. The minimum Gasteiger partial charge on any atom is -0.308 e. The molecule has 0 aliphatic rings. The fraction of sp³-hybridized carbons (Fsp3) is 0.178. The summed E-state index contributed by atoms with van der Waals surface area (Å²) >= 11 is 1.80. The predicted octanol–water partition coefficient (Wildman–Crippen LogP) is 10.1. The Morgan fingerprint density at radius 3 is 1.81 bits per heavy atom. The molecule has 0 amide bonds. The summed E-state index contributed by atoms with van der Waals surface area (Å²) in [5, 5.41) is 14.9. The molecule has 0 aliphatic carbocycles. The number of tetrazole rings is 1. The van der Waals surface area contributed by atoms with E-state index in [1.54, 1.807) is 11.8 Å². The summed E-state index contributed by atoms with van der Waals surface area (Å²) in [6, 6.07) is 53.0. The minimum absolute atomic E-state index is 0.679.